The number of hydrogen-bond donors (Lipinski definition) is 1. The van der Waals surface area contributed by atoms with E-state index in [1.165, 1.54) is 0 Å². The predicted octanol–water partition coefficient (Wildman–Crippen LogP) is 3.45. The smallest absolute Gasteiger partial charge is 0.161 e. The van der Waals surface area contributed by atoms with Gasteiger partial charge in [-0.3, -0.25) is 0 Å². The van der Waals surface area contributed by atoms with Crippen molar-refractivity contribution in [2.75, 3.05) is 14.2 Å². The average Bonchev–Trinajstić information content (AvgIpc) is 2.26. The van der Waals surface area contributed by atoms with E-state index in [-0.39, 0.29) is 11.5 Å². The van der Waals surface area contributed by atoms with Crippen LogP contribution in [0.4, 0.5) is 0 Å². The van der Waals surface area contributed by atoms with Gasteiger partial charge in [-0.25, -0.2) is 0 Å². The molecular formula is C15H25NO2. The summed E-state index contributed by atoms with van der Waals surface area (Å²) in [5.74, 6) is 1.49. The standard InChI is InChI=1S/C15H25NO2/c1-10-7-13(17-5)14(18-6)8-11(10)12(16)9-15(2,3)4/h7-8,12H,9,16H2,1-6H3. The number of rotatable bonds is 4. The van der Waals surface area contributed by atoms with E-state index < -0.39 is 0 Å². The van der Waals surface area contributed by atoms with Gasteiger partial charge in [0.2, 0.25) is 0 Å². The first-order chi connectivity index (χ1) is 8.28. The zero-order valence-electron chi connectivity index (χ0n) is 12.3. The number of benzene rings is 1. The summed E-state index contributed by atoms with van der Waals surface area (Å²) in [5.41, 5.74) is 8.78. The molecule has 0 saturated carbocycles. The van der Waals surface area contributed by atoms with Crippen molar-refractivity contribution in [2.45, 2.75) is 40.2 Å². The van der Waals surface area contributed by atoms with Gasteiger partial charge >= 0.3 is 0 Å². The molecule has 0 fully saturated rings. The summed E-state index contributed by atoms with van der Waals surface area (Å²) in [5, 5.41) is 0. The van der Waals surface area contributed by atoms with Crippen molar-refractivity contribution < 1.29 is 9.47 Å². The zero-order valence-corrected chi connectivity index (χ0v) is 12.3. The molecule has 1 aromatic carbocycles. The van der Waals surface area contributed by atoms with E-state index in [4.69, 9.17) is 15.2 Å². The Morgan fingerprint density at radius 1 is 1.11 bits per heavy atom. The van der Waals surface area contributed by atoms with E-state index in [2.05, 4.69) is 27.7 Å². The first kappa shape index (κ1) is 14.8. The van der Waals surface area contributed by atoms with Crippen LogP contribution >= 0.6 is 0 Å². The molecule has 0 aromatic heterocycles. The minimum Gasteiger partial charge on any atom is -0.493 e. The summed E-state index contributed by atoms with van der Waals surface area (Å²) in [4.78, 5) is 0. The van der Waals surface area contributed by atoms with Crippen LogP contribution in [0.2, 0.25) is 0 Å². The van der Waals surface area contributed by atoms with Gasteiger partial charge in [-0.15, -0.1) is 0 Å². The Balaban J connectivity index is 3.09. The molecule has 0 amide bonds. The molecule has 1 aromatic rings. The van der Waals surface area contributed by atoms with Crippen molar-refractivity contribution in [1.82, 2.24) is 0 Å². The van der Waals surface area contributed by atoms with Crippen LogP contribution < -0.4 is 15.2 Å². The lowest BCUT2D eigenvalue weighted by Crippen LogP contribution is -2.19. The van der Waals surface area contributed by atoms with Gasteiger partial charge in [-0.2, -0.15) is 0 Å². The third kappa shape index (κ3) is 3.64. The van der Waals surface area contributed by atoms with Crippen LogP contribution in [-0.4, -0.2) is 14.2 Å². The minimum atomic E-state index is 0.0183. The van der Waals surface area contributed by atoms with Gasteiger partial charge in [-0.1, -0.05) is 20.8 Å². The third-order valence-electron chi connectivity index (χ3n) is 3.00. The average molecular weight is 251 g/mol. The van der Waals surface area contributed by atoms with Crippen LogP contribution in [0.3, 0.4) is 0 Å². The maximum Gasteiger partial charge on any atom is 0.161 e. The summed E-state index contributed by atoms with van der Waals surface area (Å²) in [6.45, 7) is 8.65. The van der Waals surface area contributed by atoms with Crippen LogP contribution in [0, 0.1) is 12.3 Å². The zero-order chi connectivity index (χ0) is 13.9. The molecule has 18 heavy (non-hydrogen) atoms. The number of hydrogen-bond acceptors (Lipinski definition) is 3. The molecule has 0 aliphatic rings. The topological polar surface area (TPSA) is 44.5 Å². The highest BCUT2D eigenvalue weighted by molar-refractivity contribution is 5.48. The maximum atomic E-state index is 6.30. The van der Waals surface area contributed by atoms with Crippen molar-refractivity contribution >= 4 is 0 Å². The lowest BCUT2D eigenvalue weighted by molar-refractivity contribution is 0.337. The molecule has 1 unspecified atom stereocenters. The lowest BCUT2D eigenvalue weighted by Gasteiger charge is -2.25. The van der Waals surface area contributed by atoms with Crippen molar-refractivity contribution in [1.29, 1.82) is 0 Å². The van der Waals surface area contributed by atoms with Crippen LogP contribution in [0.5, 0.6) is 11.5 Å². The summed E-state index contributed by atoms with van der Waals surface area (Å²) < 4.78 is 10.6. The lowest BCUT2D eigenvalue weighted by atomic mass is 9.84. The number of ether oxygens (including phenoxy) is 2. The van der Waals surface area contributed by atoms with Crippen molar-refractivity contribution in [3.05, 3.63) is 23.3 Å². The summed E-state index contributed by atoms with van der Waals surface area (Å²) in [6.07, 6.45) is 0.934. The molecule has 2 N–H and O–H groups in total. The largest absolute Gasteiger partial charge is 0.493 e. The molecule has 0 heterocycles. The highest BCUT2D eigenvalue weighted by Gasteiger charge is 2.20. The normalized spacial score (nSPS) is 13.3. The highest BCUT2D eigenvalue weighted by Crippen LogP contribution is 2.35. The first-order valence-electron chi connectivity index (χ1n) is 6.26. The van der Waals surface area contributed by atoms with Gasteiger partial charge in [0.05, 0.1) is 14.2 Å². The van der Waals surface area contributed by atoms with Crippen molar-refractivity contribution in [3.63, 3.8) is 0 Å². The van der Waals surface area contributed by atoms with Gasteiger partial charge in [0.25, 0.3) is 0 Å². The number of nitrogens with two attached hydrogens (primary N) is 1. The van der Waals surface area contributed by atoms with E-state index in [0.29, 0.717) is 0 Å². The van der Waals surface area contributed by atoms with Gasteiger partial charge < -0.3 is 15.2 Å². The van der Waals surface area contributed by atoms with Crippen LogP contribution in [0.25, 0.3) is 0 Å². The van der Waals surface area contributed by atoms with Crippen LogP contribution in [0.1, 0.15) is 44.4 Å². The van der Waals surface area contributed by atoms with Crippen LogP contribution in [-0.2, 0) is 0 Å². The van der Waals surface area contributed by atoms with E-state index in [1.54, 1.807) is 14.2 Å². The van der Waals surface area contributed by atoms with Gasteiger partial charge in [0, 0.05) is 6.04 Å². The molecule has 0 aliphatic carbocycles. The Labute approximate surface area is 110 Å². The third-order valence-corrected chi connectivity index (χ3v) is 3.00. The molecule has 0 aliphatic heterocycles. The predicted molar refractivity (Wildman–Crippen MR) is 75.3 cm³/mol. The molecule has 3 nitrogen and oxygen atoms in total. The summed E-state index contributed by atoms with van der Waals surface area (Å²) in [6, 6.07) is 3.99. The van der Waals surface area contributed by atoms with E-state index in [1.807, 2.05) is 12.1 Å². The Hall–Kier alpha value is -1.22. The summed E-state index contributed by atoms with van der Waals surface area (Å²) in [7, 11) is 3.29. The fraction of sp³-hybridized carbons (Fsp3) is 0.600. The Morgan fingerprint density at radius 2 is 1.61 bits per heavy atom. The maximum absolute atomic E-state index is 6.30. The molecule has 3 heteroatoms. The molecule has 0 bridgehead atoms. The van der Waals surface area contributed by atoms with Gasteiger partial charge in [0.15, 0.2) is 11.5 Å². The highest BCUT2D eigenvalue weighted by atomic mass is 16.5. The first-order valence-corrected chi connectivity index (χ1v) is 6.26. The number of aryl methyl sites for hydroxylation is 1. The molecule has 102 valence electrons. The SMILES string of the molecule is COc1cc(C)c(C(N)CC(C)(C)C)cc1OC. The summed E-state index contributed by atoms with van der Waals surface area (Å²) >= 11 is 0. The Bertz CT molecular complexity index is 408. The molecule has 1 atom stereocenters. The fourth-order valence-electron chi connectivity index (χ4n) is 2.17. The second-order valence-corrected chi connectivity index (χ2v) is 5.94. The monoisotopic (exact) mass is 251 g/mol. The van der Waals surface area contributed by atoms with Gasteiger partial charge in [-0.05, 0) is 42.0 Å². The minimum absolute atomic E-state index is 0.0183. The van der Waals surface area contributed by atoms with Crippen molar-refractivity contribution in [3.8, 4) is 11.5 Å². The van der Waals surface area contributed by atoms with Gasteiger partial charge in [0.1, 0.15) is 0 Å². The second-order valence-electron chi connectivity index (χ2n) is 5.94. The Kier molecular flexibility index (Phi) is 4.63. The quantitative estimate of drug-likeness (QED) is 0.891. The van der Waals surface area contributed by atoms with Crippen molar-refractivity contribution in [2.24, 2.45) is 11.1 Å². The molecular weight excluding hydrogens is 226 g/mol. The molecule has 0 radical (unpaired) electrons. The molecule has 0 saturated heterocycles. The molecule has 0 spiro atoms. The van der Waals surface area contributed by atoms with E-state index >= 15 is 0 Å². The Morgan fingerprint density at radius 3 is 2.06 bits per heavy atom. The fourth-order valence-corrected chi connectivity index (χ4v) is 2.17. The van der Waals surface area contributed by atoms with Crippen LogP contribution in [0.15, 0.2) is 12.1 Å². The van der Waals surface area contributed by atoms with E-state index in [9.17, 15) is 0 Å². The number of methoxy groups -OCH3 is 2. The second kappa shape index (κ2) is 5.61. The molecule has 1 rings (SSSR count). The van der Waals surface area contributed by atoms with E-state index in [0.717, 1.165) is 29.0 Å².